The Bertz CT molecular complexity index is 833. The van der Waals surface area contributed by atoms with Gasteiger partial charge in [0.25, 0.3) is 5.91 Å². The molecule has 1 aromatic heterocycles. The Morgan fingerprint density at radius 1 is 1.23 bits per heavy atom. The molecule has 166 valence electrons. The van der Waals surface area contributed by atoms with E-state index in [1.807, 2.05) is 18.7 Å². The maximum absolute atomic E-state index is 12.7. The summed E-state index contributed by atoms with van der Waals surface area (Å²) < 4.78 is 7.12. The van der Waals surface area contributed by atoms with Crippen LogP contribution in [0.25, 0.3) is 0 Å². The first-order valence-corrected chi connectivity index (χ1v) is 10.9. The van der Waals surface area contributed by atoms with Gasteiger partial charge in [-0.15, -0.1) is 0 Å². The van der Waals surface area contributed by atoms with Crippen LogP contribution in [0.4, 0.5) is 5.69 Å². The van der Waals surface area contributed by atoms with E-state index in [1.54, 1.807) is 18.7 Å². The number of hydrogen-bond donors (Lipinski definition) is 1. The second-order valence-electron chi connectivity index (χ2n) is 9.02. The van der Waals surface area contributed by atoms with E-state index < -0.39 is 23.9 Å². The monoisotopic (exact) mass is 418 g/mol. The topological polar surface area (TPSA) is 93.5 Å². The number of ether oxygens (including phenoxy) is 1. The Balaban J connectivity index is 1.58. The van der Waals surface area contributed by atoms with Crippen molar-refractivity contribution in [3.05, 3.63) is 11.4 Å². The predicted molar refractivity (Wildman–Crippen MR) is 113 cm³/mol. The predicted octanol–water partition coefficient (Wildman–Crippen LogP) is 2.58. The molecule has 0 spiro atoms. The van der Waals surface area contributed by atoms with Crippen LogP contribution in [0.2, 0.25) is 0 Å². The number of hydrogen-bond acceptors (Lipinski definition) is 5. The molecule has 1 saturated carbocycles. The molecule has 1 aliphatic heterocycles. The molecule has 8 nitrogen and oxygen atoms in total. The molecular formula is C22H34N4O4. The van der Waals surface area contributed by atoms with Crippen molar-refractivity contribution in [3.8, 4) is 0 Å². The molecule has 8 heteroatoms. The summed E-state index contributed by atoms with van der Waals surface area (Å²) in [4.78, 5) is 39.7. The summed E-state index contributed by atoms with van der Waals surface area (Å²) in [6.07, 6.45) is 2.50. The molecule has 2 heterocycles. The third kappa shape index (κ3) is 4.37. The first-order valence-electron chi connectivity index (χ1n) is 10.9. The summed E-state index contributed by atoms with van der Waals surface area (Å²) in [6, 6.07) is 0.191. The molecule has 1 saturated heterocycles. The van der Waals surface area contributed by atoms with E-state index in [2.05, 4.69) is 24.3 Å². The molecule has 2 amide bonds. The van der Waals surface area contributed by atoms with Gasteiger partial charge in [-0.05, 0) is 39.0 Å². The number of aryl methyl sites for hydroxylation is 2. The normalized spacial score (nSPS) is 27.8. The molecule has 2 aliphatic rings. The van der Waals surface area contributed by atoms with Crippen molar-refractivity contribution in [2.75, 3.05) is 11.9 Å². The largest absolute Gasteiger partial charge is 0.452 e. The highest BCUT2D eigenvalue weighted by molar-refractivity contribution is 5.96. The molecule has 0 bridgehead atoms. The van der Waals surface area contributed by atoms with E-state index in [0.717, 1.165) is 18.5 Å². The van der Waals surface area contributed by atoms with Crippen molar-refractivity contribution in [1.82, 2.24) is 14.7 Å². The molecule has 3 rings (SSSR count). The highest BCUT2D eigenvalue weighted by Gasteiger charge is 2.42. The van der Waals surface area contributed by atoms with Gasteiger partial charge in [0.1, 0.15) is 0 Å². The van der Waals surface area contributed by atoms with E-state index in [1.165, 1.54) is 6.42 Å². The van der Waals surface area contributed by atoms with Gasteiger partial charge in [0.2, 0.25) is 5.91 Å². The first kappa shape index (κ1) is 22.3. The molecule has 0 unspecified atom stereocenters. The summed E-state index contributed by atoms with van der Waals surface area (Å²) in [6.45, 7) is 10.0. The molecule has 1 aromatic rings. The quantitative estimate of drug-likeness (QED) is 0.742. The molecular weight excluding hydrogens is 384 g/mol. The smallest absolute Gasteiger partial charge is 0.312 e. The average molecular weight is 419 g/mol. The van der Waals surface area contributed by atoms with Gasteiger partial charge < -0.3 is 15.0 Å². The molecule has 5 atom stereocenters. The van der Waals surface area contributed by atoms with Crippen LogP contribution in [-0.4, -0.2) is 51.2 Å². The molecule has 30 heavy (non-hydrogen) atoms. The summed E-state index contributed by atoms with van der Waals surface area (Å²) in [5.74, 6) is -0.387. The van der Waals surface area contributed by atoms with E-state index in [9.17, 15) is 14.4 Å². The van der Waals surface area contributed by atoms with Gasteiger partial charge >= 0.3 is 5.97 Å². The maximum Gasteiger partial charge on any atom is 0.312 e. The van der Waals surface area contributed by atoms with Gasteiger partial charge in [-0.3, -0.25) is 19.1 Å². The van der Waals surface area contributed by atoms with Gasteiger partial charge in [0.05, 0.1) is 23.0 Å². The lowest BCUT2D eigenvalue weighted by atomic mass is 9.77. The van der Waals surface area contributed by atoms with Crippen LogP contribution >= 0.6 is 0 Å². The second kappa shape index (κ2) is 8.78. The third-order valence-electron chi connectivity index (χ3n) is 6.98. The van der Waals surface area contributed by atoms with E-state index >= 15 is 0 Å². The minimum atomic E-state index is -0.950. The number of amides is 2. The lowest BCUT2D eigenvalue weighted by Crippen LogP contribution is -2.45. The fourth-order valence-corrected chi connectivity index (χ4v) is 4.71. The van der Waals surface area contributed by atoms with Crippen molar-refractivity contribution >= 4 is 23.5 Å². The Labute approximate surface area is 178 Å². The van der Waals surface area contributed by atoms with Gasteiger partial charge in [0.15, 0.2) is 6.10 Å². The number of likely N-dealkylation sites (tertiary alicyclic amines) is 1. The minimum Gasteiger partial charge on any atom is -0.452 e. The Hall–Kier alpha value is -2.38. The zero-order valence-electron chi connectivity index (χ0n) is 18.9. The highest BCUT2D eigenvalue weighted by Crippen LogP contribution is 2.36. The van der Waals surface area contributed by atoms with Crippen molar-refractivity contribution in [3.63, 3.8) is 0 Å². The standard InChI is InChI=1S/C22H34N4O4/c1-12-8-7-9-18(13(12)2)26-11-17(10-19(26)27)22(29)30-16(5)21(28)23-20-14(3)24-25(6)15(20)4/h12-13,16-18H,7-11H2,1-6H3,(H,23,28)/t12-,13-,16-,17+,18+/m0/s1. The molecule has 1 N–H and O–H groups in total. The van der Waals surface area contributed by atoms with Crippen LogP contribution in [0, 0.1) is 31.6 Å². The Morgan fingerprint density at radius 3 is 2.57 bits per heavy atom. The zero-order chi connectivity index (χ0) is 22.2. The third-order valence-corrected chi connectivity index (χ3v) is 6.98. The van der Waals surface area contributed by atoms with Crippen LogP contribution in [0.5, 0.6) is 0 Å². The average Bonchev–Trinajstić information content (AvgIpc) is 3.18. The number of carbonyl (C=O) groups is 3. The molecule has 0 radical (unpaired) electrons. The van der Waals surface area contributed by atoms with Gasteiger partial charge in [-0.2, -0.15) is 5.10 Å². The number of nitrogens with zero attached hydrogens (tertiary/aromatic N) is 3. The summed E-state index contributed by atoms with van der Waals surface area (Å²) in [5.41, 5.74) is 2.16. The van der Waals surface area contributed by atoms with Gasteiger partial charge in [0, 0.05) is 26.1 Å². The van der Waals surface area contributed by atoms with Crippen LogP contribution < -0.4 is 5.32 Å². The minimum absolute atomic E-state index is 0.0154. The number of esters is 1. The van der Waals surface area contributed by atoms with Gasteiger partial charge in [-0.1, -0.05) is 26.7 Å². The Kier molecular flexibility index (Phi) is 6.53. The van der Waals surface area contributed by atoms with E-state index in [0.29, 0.717) is 29.8 Å². The SMILES string of the molecule is Cc1nn(C)c(C)c1NC(=O)[C@H](C)OC(=O)[C@@H]1CC(=O)N([C@@H]2CCC[C@H](C)[C@@H]2C)C1. The number of rotatable bonds is 5. The van der Waals surface area contributed by atoms with Crippen LogP contribution in [0.1, 0.15) is 57.8 Å². The molecule has 0 aromatic carbocycles. The number of carbonyl (C=O) groups excluding carboxylic acids is 3. The van der Waals surface area contributed by atoms with E-state index in [4.69, 9.17) is 4.74 Å². The summed E-state index contributed by atoms with van der Waals surface area (Å²) in [5, 5.41) is 7.07. The van der Waals surface area contributed by atoms with Crippen molar-refractivity contribution in [2.24, 2.45) is 24.8 Å². The maximum atomic E-state index is 12.7. The van der Waals surface area contributed by atoms with Crippen molar-refractivity contribution in [1.29, 1.82) is 0 Å². The lowest BCUT2D eigenvalue weighted by Gasteiger charge is -2.39. The summed E-state index contributed by atoms with van der Waals surface area (Å²) >= 11 is 0. The molecule has 1 aliphatic carbocycles. The second-order valence-corrected chi connectivity index (χ2v) is 9.02. The first-order chi connectivity index (χ1) is 14.1. The summed E-state index contributed by atoms with van der Waals surface area (Å²) in [7, 11) is 1.80. The van der Waals surface area contributed by atoms with Crippen LogP contribution in [0.15, 0.2) is 0 Å². The Morgan fingerprint density at radius 2 is 1.93 bits per heavy atom. The van der Waals surface area contributed by atoms with Crippen molar-refractivity contribution in [2.45, 2.75) is 72.4 Å². The zero-order valence-corrected chi connectivity index (χ0v) is 18.9. The van der Waals surface area contributed by atoms with Gasteiger partial charge in [-0.25, -0.2) is 0 Å². The fourth-order valence-electron chi connectivity index (χ4n) is 4.71. The number of nitrogens with one attached hydrogen (secondary N) is 1. The number of anilines is 1. The highest BCUT2D eigenvalue weighted by atomic mass is 16.5. The molecule has 2 fully saturated rings. The fraction of sp³-hybridized carbons (Fsp3) is 0.727. The van der Waals surface area contributed by atoms with E-state index in [-0.39, 0.29) is 18.4 Å². The van der Waals surface area contributed by atoms with Crippen molar-refractivity contribution < 1.29 is 19.1 Å². The number of aromatic nitrogens is 2. The lowest BCUT2D eigenvalue weighted by molar-refractivity contribution is -0.157. The van der Waals surface area contributed by atoms with Crippen LogP contribution in [0.3, 0.4) is 0 Å². The van der Waals surface area contributed by atoms with Crippen LogP contribution in [-0.2, 0) is 26.2 Å².